The summed E-state index contributed by atoms with van der Waals surface area (Å²) in [4.78, 5) is 0. The largest absolute Gasteiger partial charge is 0.364 e. The number of epoxide rings is 1. The van der Waals surface area contributed by atoms with Crippen molar-refractivity contribution in [3.05, 3.63) is 0 Å². The summed E-state index contributed by atoms with van der Waals surface area (Å²) in [7, 11) is -3.13. The lowest BCUT2D eigenvalue weighted by atomic mass is 10.2. The average molecular weight is 276 g/mol. The Balaban J connectivity index is 2.05. The van der Waals surface area contributed by atoms with Crippen LogP contribution in [0, 0.1) is 11.8 Å². The Bertz CT molecular complexity index is 326. The molecule has 0 amide bonds. The van der Waals surface area contributed by atoms with Crippen LogP contribution in [0.25, 0.3) is 0 Å². The van der Waals surface area contributed by atoms with Gasteiger partial charge in [0.05, 0.1) is 19.3 Å². The van der Waals surface area contributed by atoms with Crippen LogP contribution in [0.4, 0.5) is 0 Å². The number of fused-ring (bicyclic) bond motifs is 1. The van der Waals surface area contributed by atoms with E-state index < -0.39 is 12.9 Å². The van der Waals surface area contributed by atoms with Gasteiger partial charge in [0.15, 0.2) is 5.34 Å². The molecule has 106 valence electrons. The van der Waals surface area contributed by atoms with E-state index in [2.05, 4.69) is 0 Å². The van der Waals surface area contributed by atoms with Gasteiger partial charge < -0.3 is 13.8 Å². The Morgan fingerprint density at radius 1 is 1.22 bits per heavy atom. The molecule has 1 heterocycles. The normalized spacial score (nSPS) is 31.1. The van der Waals surface area contributed by atoms with Crippen molar-refractivity contribution in [2.24, 2.45) is 11.8 Å². The highest BCUT2D eigenvalue weighted by atomic mass is 31.2. The second kappa shape index (κ2) is 5.24. The Labute approximate surface area is 110 Å². The molecule has 0 N–H and O–H groups in total. The van der Waals surface area contributed by atoms with Crippen molar-refractivity contribution < 1.29 is 18.3 Å². The van der Waals surface area contributed by atoms with Gasteiger partial charge >= 0.3 is 7.60 Å². The van der Waals surface area contributed by atoms with Crippen LogP contribution in [0.3, 0.4) is 0 Å². The Morgan fingerprint density at radius 2 is 1.78 bits per heavy atom. The Kier molecular flexibility index (Phi) is 4.23. The topological polar surface area (TPSA) is 48.1 Å². The van der Waals surface area contributed by atoms with E-state index in [0.29, 0.717) is 25.0 Å². The quantitative estimate of drug-likeness (QED) is 0.524. The van der Waals surface area contributed by atoms with Gasteiger partial charge in [0.1, 0.15) is 0 Å². The molecule has 2 fully saturated rings. The second-order valence-electron chi connectivity index (χ2n) is 6.22. The van der Waals surface area contributed by atoms with Crippen molar-refractivity contribution in [3.63, 3.8) is 0 Å². The zero-order chi connectivity index (χ0) is 13.4. The van der Waals surface area contributed by atoms with Gasteiger partial charge in [0.2, 0.25) is 0 Å². The van der Waals surface area contributed by atoms with Crippen molar-refractivity contribution in [2.75, 3.05) is 13.2 Å². The van der Waals surface area contributed by atoms with E-state index in [1.165, 1.54) is 0 Å². The standard InChI is InChI=1S/C13H25O4P/c1-10(2)8-15-18(14,16-9-11(3)4)13-7-5-6-12(13)17-13/h10-12H,5-9H2,1-4H3. The molecule has 0 bridgehead atoms. The van der Waals surface area contributed by atoms with E-state index >= 15 is 0 Å². The van der Waals surface area contributed by atoms with E-state index in [1.54, 1.807) is 0 Å². The summed E-state index contributed by atoms with van der Waals surface area (Å²) >= 11 is 0. The first-order valence-corrected chi connectivity index (χ1v) is 8.51. The Morgan fingerprint density at radius 3 is 2.11 bits per heavy atom. The summed E-state index contributed by atoms with van der Waals surface area (Å²) < 4.78 is 30.0. The molecular formula is C13H25O4P. The SMILES string of the molecule is CC(C)COP(=O)(OCC(C)C)C12CCCC1O2. The zero-order valence-corrected chi connectivity index (χ0v) is 12.7. The van der Waals surface area contributed by atoms with Crippen molar-refractivity contribution in [2.45, 2.75) is 58.4 Å². The van der Waals surface area contributed by atoms with E-state index in [0.717, 1.165) is 19.3 Å². The van der Waals surface area contributed by atoms with Crippen molar-refractivity contribution in [3.8, 4) is 0 Å². The average Bonchev–Trinajstić information content (AvgIpc) is 2.87. The maximum atomic E-state index is 13.0. The van der Waals surface area contributed by atoms with Gasteiger partial charge in [0, 0.05) is 0 Å². The lowest BCUT2D eigenvalue weighted by Gasteiger charge is -2.25. The molecule has 2 unspecified atom stereocenters. The molecule has 0 aromatic carbocycles. The second-order valence-corrected chi connectivity index (χ2v) is 8.49. The minimum absolute atomic E-state index is 0.0997. The molecule has 0 aromatic rings. The lowest BCUT2D eigenvalue weighted by molar-refractivity contribution is 0.146. The molecule has 1 aliphatic heterocycles. The Hall–Kier alpha value is 0.110. The van der Waals surface area contributed by atoms with Gasteiger partial charge in [-0.25, -0.2) is 0 Å². The highest BCUT2D eigenvalue weighted by Crippen LogP contribution is 2.75. The fourth-order valence-electron chi connectivity index (χ4n) is 2.39. The minimum Gasteiger partial charge on any atom is -0.353 e. The summed E-state index contributed by atoms with van der Waals surface area (Å²) in [5, 5.41) is -0.600. The third kappa shape index (κ3) is 2.67. The van der Waals surface area contributed by atoms with Gasteiger partial charge in [-0.05, 0) is 31.1 Å². The van der Waals surface area contributed by atoms with Crippen LogP contribution < -0.4 is 0 Å². The first kappa shape index (κ1) is 14.5. The lowest BCUT2D eigenvalue weighted by Crippen LogP contribution is -2.19. The van der Waals surface area contributed by atoms with Gasteiger partial charge in [-0.1, -0.05) is 27.7 Å². The molecule has 0 spiro atoms. The highest BCUT2D eigenvalue weighted by Gasteiger charge is 2.72. The molecule has 2 rings (SSSR count). The number of hydrogen-bond donors (Lipinski definition) is 0. The van der Waals surface area contributed by atoms with E-state index in [4.69, 9.17) is 13.8 Å². The number of rotatable bonds is 7. The molecule has 2 aliphatic rings. The van der Waals surface area contributed by atoms with Crippen molar-refractivity contribution in [1.82, 2.24) is 0 Å². The van der Waals surface area contributed by atoms with Crippen LogP contribution in [0.5, 0.6) is 0 Å². The zero-order valence-electron chi connectivity index (χ0n) is 11.8. The predicted octanol–water partition coefficient (Wildman–Crippen LogP) is 3.80. The fraction of sp³-hybridized carbons (Fsp3) is 1.00. The number of hydrogen-bond acceptors (Lipinski definition) is 4. The van der Waals surface area contributed by atoms with Gasteiger partial charge in [-0.3, -0.25) is 4.57 Å². The molecule has 1 saturated heterocycles. The van der Waals surface area contributed by atoms with E-state index in [1.807, 2.05) is 27.7 Å². The summed E-state index contributed by atoms with van der Waals surface area (Å²) in [5.74, 6) is 0.687. The molecule has 0 radical (unpaired) electrons. The predicted molar refractivity (Wildman–Crippen MR) is 70.6 cm³/mol. The third-order valence-electron chi connectivity index (χ3n) is 3.41. The fourth-order valence-corrected chi connectivity index (χ4v) is 5.06. The first-order chi connectivity index (χ1) is 8.40. The molecule has 4 nitrogen and oxygen atoms in total. The smallest absolute Gasteiger partial charge is 0.353 e. The van der Waals surface area contributed by atoms with E-state index in [-0.39, 0.29) is 6.10 Å². The molecule has 1 aliphatic carbocycles. The van der Waals surface area contributed by atoms with Crippen molar-refractivity contribution >= 4 is 7.60 Å². The van der Waals surface area contributed by atoms with Gasteiger partial charge in [0.25, 0.3) is 0 Å². The minimum atomic E-state index is -3.13. The molecule has 1 saturated carbocycles. The van der Waals surface area contributed by atoms with Crippen LogP contribution in [-0.4, -0.2) is 24.7 Å². The monoisotopic (exact) mass is 276 g/mol. The third-order valence-corrected chi connectivity index (χ3v) is 5.93. The molecule has 5 heteroatoms. The molecular weight excluding hydrogens is 251 g/mol. The summed E-state index contributed by atoms with van der Waals surface area (Å²) in [6.45, 7) is 9.11. The van der Waals surface area contributed by atoms with Crippen LogP contribution in [0.15, 0.2) is 0 Å². The summed E-state index contributed by atoms with van der Waals surface area (Å²) in [6.07, 6.45) is 2.96. The molecule has 18 heavy (non-hydrogen) atoms. The number of ether oxygens (including phenoxy) is 1. The highest BCUT2D eigenvalue weighted by molar-refractivity contribution is 7.55. The van der Waals surface area contributed by atoms with Crippen LogP contribution >= 0.6 is 7.60 Å². The van der Waals surface area contributed by atoms with Crippen LogP contribution in [0.2, 0.25) is 0 Å². The van der Waals surface area contributed by atoms with Crippen LogP contribution in [0.1, 0.15) is 47.0 Å². The maximum Gasteiger partial charge on any atom is 0.364 e. The first-order valence-electron chi connectivity index (χ1n) is 6.96. The van der Waals surface area contributed by atoms with Crippen LogP contribution in [-0.2, 0) is 18.3 Å². The van der Waals surface area contributed by atoms with E-state index in [9.17, 15) is 4.57 Å². The van der Waals surface area contributed by atoms with Crippen molar-refractivity contribution in [1.29, 1.82) is 0 Å². The maximum absolute atomic E-state index is 13.0. The molecule has 2 atom stereocenters. The van der Waals surface area contributed by atoms with Gasteiger partial charge in [-0.15, -0.1) is 0 Å². The van der Waals surface area contributed by atoms with Gasteiger partial charge in [-0.2, -0.15) is 0 Å². The molecule has 0 aromatic heterocycles. The summed E-state index contributed by atoms with van der Waals surface area (Å²) in [5.41, 5.74) is 0. The summed E-state index contributed by atoms with van der Waals surface area (Å²) in [6, 6.07) is 0.